The number of amides is 1. The molecule has 0 spiro atoms. The van der Waals surface area contributed by atoms with Crippen LogP contribution in [0.25, 0.3) is 22.3 Å². The molecule has 26 heavy (non-hydrogen) atoms. The van der Waals surface area contributed by atoms with Crippen LogP contribution in [0.2, 0.25) is 5.02 Å². The molecule has 0 saturated heterocycles. The zero-order valence-electron chi connectivity index (χ0n) is 13.4. The molecular formula is C20H12ClNO4. The Morgan fingerprint density at radius 2 is 1.81 bits per heavy atom. The van der Waals surface area contributed by atoms with Crippen LogP contribution in [0.3, 0.4) is 0 Å². The normalized spacial score (nSPS) is 10.8. The van der Waals surface area contributed by atoms with Gasteiger partial charge in [0.15, 0.2) is 11.2 Å². The van der Waals surface area contributed by atoms with E-state index in [4.69, 9.17) is 20.4 Å². The number of furan rings is 1. The van der Waals surface area contributed by atoms with Crippen molar-refractivity contribution < 1.29 is 13.6 Å². The summed E-state index contributed by atoms with van der Waals surface area (Å²) in [7, 11) is 0. The third-order valence-electron chi connectivity index (χ3n) is 3.86. The summed E-state index contributed by atoms with van der Waals surface area (Å²) in [5.41, 5.74) is 1.46. The molecule has 4 rings (SSSR count). The fourth-order valence-electron chi connectivity index (χ4n) is 2.59. The van der Waals surface area contributed by atoms with E-state index in [1.54, 1.807) is 54.6 Å². The SMILES string of the molecule is O=C(Nc1ccc2oc(-c3ccc(Cl)cc3)cc(=O)c2c1)c1ccco1. The van der Waals surface area contributed by atoms with Crippen LogP contribution in [0.15, 0.2) is 80.6 Å². The van der Waals surface area contributed by atoms with Crippen molar-refractivity contribution in [3.63, 3.8) is 0 Å². The van der Waals surface area contributed by atoms with Crippen molar-refractivity contribution in [2.24, 2.45) is 0 Å². The smallest absolute Gasteiger partial charge is 0.291 e. The number of nitrogens with one attached hydrogen (secondary N) is 1. The average molecular weight is 366 g/mol. The van der Waals surface area contributed by atoms with E-state index in [1.165, 1.54) is 12.3 Å². The molecule has 1 amide bonds. The van der Waals surface area contributed by atoms with Crippen molar-refractivity contribution in [1.82, 2.24) is 0 Å². The van der Waals surface area contributed by atoms with E-state index in [0.29, 0.717) is 27.4 Å². The topological polar surface area (TPSA) is 72.5 Å². The predicted octanol–water partition coefficient (Wildman–Crippen LogP) is 4.96. The molecule has 0 radical (unpaired) electrons. The summed E-state index contributed by atoms with van der Waals surface area (Å²) < 4.78 is 10.9. The zero-order valence-corrected chi connectivity index (χ0v) is 14.1. The van der Waals surface area contributed by atoms with Gasteiger partial charge in [-0.15, -0.1) is 0 Å². The van der Waals surface area contributed by atoms with Crippen LogP contribution in [0.1, 0.15) is 10.6 Å². The largest absolute Gasteiger partial charge is 0.459 e. The Kier molecular flexibility index (Phi) is 4.07. The first kappa shape index (κ1) is 16.2. The Hall–Kier alpha value is -3.31. The summed E-state index contributed by atoms with van der Waals surface area (Å²) in [6.07, 6.45) is 1.42. The lowest BCUT2D eigenvalue weighted by atomic mass is 10.1. The van der Waals surface area contributed by atoms with Crippen LogP contribution in [0.4, 0.5) is 5.69 Å². The van der Waals surface area contributed by atoms with Gasteiger partial charge < -0.3 is 14.2 Å². The molecule has 0 bridgehead atoms. The quantitative estimate of drug-likeness (QED) is 0.557. The Balaban J connectivity index is 1.70. The van der Waals surface area contributed by atoms with Crippen molar-refractivity contribution in [2.45, 2.75) is 0 Å². The fourth-order valence-corrected chi connectivity index (χ4v) is 2.72. The first-order valence-corrected chi connectivity index (χ1v) is 8.17. The molecule has 2 aromatic carbocycles. The van der Waals surface area contributed by atoms with E-state index in [0.717, 1.165) is 5.56 Å². The second-order valence-corrected chi connectivity index (χ2v) is 6.06. The van der Waals surface area contributed by atoms with Gasteiger partial charge in [0.2, 0.25) is 0 Å². The standard InChI is InChI=1S/C20H12ClNO4/c21-13-5-3-12(4-6-13)19-11-16(23)15-10-14(7-8-17(15)26-19)22-20(24)18-2-1-9-25-18/h1-11H,(H,22,24). The number of carbonyl (C=O) groups is 1. The molecular weight excluding hydrogens is 354 g/mol. The molecule has 0 unspecified atom stereocenters. The number of hydrogen-bond acceptors (Lipinski definition) is 4. The molecule has 0 aliphatic carbocycles. The minimum atomic E-state index is -0.392. The van der Waals surface area contributed by atoms with E-state index in [1.807, 2.05) is 0 Å². The second kappa shape index (κ2) is 6.54. The van der Waals surface area contributed by atoms with Gasteiger partial charge in [-0.25, -0.2) is 0 Å². The molecule has 4 aromatic rings. The van der Waals surface area contributed by atoms with Crippen molar-refractivity contribution >= 4 is 34.2 Å². The van der Waals surface area contributed by atoms with Crippen LogP contribution in [0, 0.1) is 0 Å². The van der Waals surface area contributed by atoms with Gasteiger partial charge in [0.05, 0.1) is 11.6 Å². The van der Waals surface area contributed by atoms with Crippen LogP contribution in [0.5, 0.6) is 0 Å². The highest BCUT2D eigenvalue weighted by Gasteiger charge is 2.11. The van der Waals surface area contributed by atoms with E-state index in [-0.39, 0.29) is 11.2 Å². The Morgan fingerprint density at radius 3 is 2.54 bits per heavy atom. The average Bonchev–Trinajstić information content (AvgIpc) is 3.17. The van der Waals surface area contributed by atoms with Crippen LogP contribution >= 0.6 is 11.6 Å². The van der Waals surface area contributed by atoms with Gasteiger partial charge in [-0.2, -0.15) is 0 Å². The highest BCUT2D eigenvalue weighted by atomic mass is 35.5. The lowest BCUT2D eigenvalue weighted by molar-refractivity contribution is 0.0996. The maximum Gasteiger partial charge on any atom is 0.291 e. The van der Waals surface area contributed by atoms with Crippen molar-refractivity contribution in [3.05, 3.63) is 87.9 Å². The van der Waals surface area contributed by atoms with Gasteiger partial charge in [-0.05, 0) is 54.6 Å². The molecule has 0 fully saturated rings. The second-order valence-electron chi connectivity index (χ2n) is 5.62. The van der Waals surface area contributed by atoms with E-state index in [9.17, 15) is 9.59 Å². The maximum absolute atomic E-state index is 12.5. The highest BCUT2D eigenvalue weighted by Crippen LogP contribution is 2.25. The zero-order chi connectivity index (χ0) is 18.1. The molecule has 0 aliphatic rings. The molecule has 0 aliphatic heterocycles. The number of benzene rings is 2. The third-order valence-corrected chi connectivity index (χ3v) is 4.11. The van der Waals surface area contributed by atoms with Crippen molar-refractivity contribution in [3.8, 4) is 11.3 Å². The fraction of sp³-hybridized carbons (Fsp3) is 0. The van der Waals surface area contributed by atoms with Gasteiger partial charge in [-0.1, -0.05) is 11.6 Å². The Morgan fingerprint density at radius 1 is 1.00 bits per heavy atom. The minimum absolute atomic E-state index is 0.190. The molecule has 128 valence electrons. The Labute approximate surface area is 152 Å². The number of fused-ring (bicyclic) bond motifs is 1. The highest BCUT2D eigenvalue weighted by molar-refractivity contribution is 6.30. The molecule has 5 nitrogen and oxygen atoms in total. The van der Waals surface area contributed by atoms with Crippen molar-refractivity contribution in [2.75, 3.05) is 5.32 Å². The molecule has 6 heteroatoms. The number of anilines is 1. The summed E-state index contributed by atoms with van der Waals surface area (Å²) in [6.45, 7) is 0. The lowest BCUT2D eigenvalue weighted by Crippen LogP contribution is -2.11. The van der Waals surface area contributed by atoms with Gasteiger partial charge in [0, 0.05) is 22.3 Å². The first-order valence-electron chi connectivity index (χ1n) is 7.79. The molecule has 0 saturated carbocycles. The third kappa shape index (κ3) is 3.12. The number of hydrogen-bond donors (Lipinski definition) is 1. The van der Waals surface area contributed by atoms with Crippen LogP contribution in [-0.4, -0.2) is 5.91 Å². The monoisotopic (exact) mass is 365 g/mol. The van der Waals surface area contributed by atoms with Crippen molar-refractivity contribution in [1.29, 1.82) is 0 Å². The molecule has 2 heterocycles. The van der Waals surface area contributed by atoms with Gasteiger partial charge in [-0.3, -0.25) is 9.59 Å². The summed E-state index contributed by atoms with van der Waals surface area (Å²) in [5, 5.41) is 3.67. The number of halogens is 1. The van der Waals surface area contributed by atoms with Gasteiger partial charge in [0.25, 0.3) is 5.91 Å². The molecule has 0 atom stereocenters. The van der Waals surface area contributed by atoms with Gasteiger partial charge >= 0.3 is 0 Å². The Bertz CT molecular complexity index is 1140. The summed E-state index contributed by atoms with van der Waals surface area (Å²) >= 11 is 5.89. The first-order chi connectivity index (χ1) is 12.6. The van der Waals surface area contributed by atoms with E-state index in [2.05, 4.69) is 5.32 Å². The summed E-state index contributed by atoms with van der Waals surface area (Å²) in [6, 6.07) is 16.5. The number of rotatable bonds is 3. The molecule has 1 N–H and O–H groups in total. The summed E-state index contributed by atoms with van der Waals surface area (Å²) in [5.74, 6) is 0.248. The van der Waals surface area contributed by atoms with E-state index < -0.39 is 5.91 Å². The minimum Gasteiger partial charge on any atom is -0.459 e. The van der Waals surface area contributed by atoms with Gasteiger partial charge in [0.1, 0.15) is 11.3 Å². The van der Waals surface area contributed by atoms with E-state index >= 15 is 0 Å². The van der Waals surface area contributed by atoms with Crippen LogP contribution in [-0.2, 0) is 0 Å². The molecule has 2 aromatic heterocycles. The number of carbonyl (C=O) groups excluding carboxylic acids is 1. The maximum atomic E-state index is 12.5. The summed E-state index contributed by atoms with van der Waals surface area (Å²) in [4.78, 5) is 24.5. The predicted molar refractivity (Wildman–Crippen MR) is 99.6 cm³/mol. The van der Waals surface area contributed by atoms with Crippen LogP contribution < -0.4 is 10.7 Å². The lowest BCUT2D eigenvalue weighted by Gasteiger charge is -2.06.